The summed E-state index contributed by atoms with van der Waals surface area (Å²) in [5.41, 5.74) is 2.65. The van der Waals surface area contributed by atoms with Gasteiger partial charge in [0.05, 0.1) is 10.2 Å². The predicted molar refractivity (Wildman–Crippen MR) is 108 cm³/mol. The maximum absolute atomic E-state index is 12.6. The van der Waals surface area contributed by atoms with Gasteiger partial charge in [0, 0.05) is 36.3 Å². The largest absolute Gasteiger partial charge is 0.326 e. The standard InChI is InChI=1S/C20H16N4O2S/c1-13(25)21-15-5-4-6-16(12-15)22-19(26)14-7-8-17-18(11-14)27-20(23-17)24-9-2-3-10-24/h2-12H,1H3,(H,21,25)(H,22,26). The molecular formula is C20H16N4O2S. The third-order valence-corrected chi connectivity index (χ3v) is 4.94. The van der Waals surface area contributed by atoms with Crippen molar-refractivity contribution in [3.05, 3.63) is 72.6 Å². The third-order valence-electron chi connectivity index (χ3n) is 3.91. The highest BCUT2D eigenvalue weighted by Crippen LogP contribution is 2.26. The SMILES string of the molecule is CC(=O)Nc1cccc(NC(=O)c2ccc3nc(-n4cccc4)sc3c2)c1. The number of carbonyl (C=O) groups is 2. The fourth-order valence-electron chi connectivity index (χ4n) is 2.71. The van der Waals surface area contributed by atoms with E-state index >= 15 is 0 Å². The molecule has 4 aromatic rings. The molecular weight excluding hydrogens is 360 g/mol. The van der Waals surface area contributed by atoms with Crippen LogP contribution in [0.4, 0.5) is 11.4 Å². The summed E-state index contributed by atoms with van der Waals surface area (Å²) in [6.45, 7) is 1.44. The average Bonchev–Trinajstić information content (AvgIpc) is 3.30. The van der Waals surface area contributed by atoms with E-state index in [0.29, 0.717) is 16.9 Å². The highest BCUT2D eigenvalue weighted by molar-refractivity contribution is 7.20. The van der Waals surface area contributed by atoms with E-state index < -0.39 is 0 Å². The third kappa shape index (κ3) is 3.73. The molecule has 0 aliphatic heterocycles. The van der Waals surface area contributed by atoms with Crippen molar-refractivity contribution < 1.29 is 9.59 Å². The molecule has 0 spiro atoms. The maximum atomic E-state index is 12.6. The first-order chi connectivity index (χ1) is 13.1. The van der Waals surface area contributed by atoms with Gasteiger partial charge in [0.15, 0.2) is 5.13 Å². The number of hydrogen-bond donors (Lipinski definition) is 2. The molecule has 0 bridgehead atoms. The fourth-order valence-corrected chi connectivity index (χ4v) is 3.68. The van der Waals surface area contributed by atoms with Crippen LogP contribution in [0.1, 0.15) is 17.3 Å². The molecule has 0 saturated carbocycles. The molecule has 2 aromatic carbocycles. The molecule has 0 atom stereocenters. The normalized spacial score (nSPS) is 10.7. The van der Waals surface area contributed by atoms with Crippen LogP contribution in [0.2, 0.25) is 0 Å². The molecule has 2 heterocycles. The van der Waals surface area contributed by atoms with E-state index in [4.69, 9.17) is 0 Å². The summed E-state index contributed by atoms with van der Waals surface area (Å²) in [6, 6.07) is 16.4. The molecule has 2 amide bonds. The summed E-state index contributed by atoms with van der Waals surface area (Å²) in [5, 5.41) is 6.42. The summed E-state index contributed by atoms with van der Waals surface area (Å²) in [5.74, 6) is -0.375. The van der Waals surface area contributed by atoms with Crippen molar-refractivity contribution in [3.8, 4) is 5.13 Å². The van der Waals surface area contributed by atoms with Crippen LogP contribution in [0.5, 0.6) is 0 Å². The zero-order chi connectivity index (χ0) is 18.8. The quantitative estimate of drug-likeness (QED) is 0.558. The van der Waals surface area contributed by atoms with Crippen molar-refractivity contribution in [1.82, 2.24) is 9.55 Å². The van der Waals surface area contributed by atoms with Crippen LogP contribution >= 0.6 is 11.3 Å². The highest BCUT2D eigenvalue weighted by atomic mass is 32.1. The van der Waals surface area contributed by atoms with Crippen LogP contribution in [0, 0.1) is 0 Å². The number of thiazole rings is 1. The summed E-state index contributed by atoms with van der Waals surface area (Å²) in [4.78, 5) is 28.4. The van der Waals surface area contributed by atoms with Gasteiger partial charge in [-0.15, -0.1) is 0 Å². The maximum Gasteiger partial charge on any atom is 0.255 e. The van der Waals surface area contributed by atoms with E-state index in [1.807, 2.05) is 41.2 Å². The lowest BCUT2D eigenvalue weighted by Crippen LogP contribution is -2.12. The summed E-state index contributed by atoms with van der Waals surface area (Å²) in [7, 11) is 0. The Morgan fingerprint density at radius 3 is 2.44 bits per heavy atom. The number of rotatable bonds is 4. The Bertz CT molecular complexity index is 1130. The molecule has 2 aromatic heterocycles. The van der Waals surface area contributed by atoms with Gasteiger partial charge in [-0.2, -0.15) is 0 Å². The number of aromatic nitrogens is 2. The minimum atomic E-state index is -0.215. The van der Waals surface area contributed by atoms with Gasteiger partial charge in [-0.1, -0.05) is 17.4 Å². The number of anilines is 2. The summed E-state index contributed by atoms with van der Waals surface area (Å²) < 4.78 is 2.89. The van der Waals surface area contributed by atoms with Gasteiger partial charge >= 0.3 is 0 Å². The van der Waals surface area contributed by atoms with Gasteiger partial charge in [-0.05, 0) is 48.5 Å². The van der Waals surface area contributed by atoms with Crippen LogP contribution in [0.3, 0.4) is 0 Å². The molecule has 7 heteroatoms. The number of nitrogens with one attached hydrogen (secondary N) is 2. The van der Waals surface area contributed by atoms with Crippen LogP contribution in [-0.2, 0) is 4.79 Å². The highest BCUT2D eigenvalue weighted by Gasteiger charge is 2.11. The van der Waals surface area contributed by atoms with Gasteiger partial charge in [-0.3, -0.25) is 9.59 Å². The number of benzene rings is 2. The fraction of sp³-hybridized carbons (Fsp3) is 0.0500. The van der Waals surface area contributed by atoms with Gasteiger partial charge < -0.3 is 15.2 Å². The molecule has 134 valence electrons. The van der Waals surface area contributed by atoms with Crippen LogP contribution < -0.4 is 10.6 Å². The van der Waals surface area contributed by atoms with Gasteiger partial charge in [0.1, 0.15) is 0 Å². The summed E-state index contributed by atoms with van der Waals surface area (Å²) in [6.07, 6.45) is 3.88. The lowest BCUT2D eigenvalue weighted by molar-refractivity contribution is -0.114. The van der Waals surface area contributed by atoms with E-state index in [0.717, 1.165) is 15.3 Å². The Kier molecular flexibility index (Phi) is 4.43. The number of hydrogen-bond acceptors (Lipinski definition) is 4. The van der Waals surface area contributed by atoms with Crippen molar-refractivity contribution in [1.29, 1.82) is 0 Å². The van der Waals surface area contributed by atoms with E-state index in [1.54, 1.807) is 30.3 Å². The van der Waals surface area contributed by atoms with Gasteiger partial charge in [0.2, 0.25) is 5.91 Å². The number of amides is 2. The minimum Gasteiger partial charge on any atom is -0.326 e. The van der Waals surface area contributed by atoms with Crippen molar-refractivity contribution in [2.45, 2.75) is 6.92 Å². The van der Waals surface area contributed by atoms with Crippen molar-refractivity contribution in [2.24, 2.45) is 0 Å². The number of carbonyl (C=O) groups excluding carboxylic acids is 2. The average molecular weight is 376 g/mol. The van der Waals surface area contributed by atoms with E-state index in [-0.39, 0.29) is 11.8 Å². The Labute approximate surface area is 159 Å². The molecule has 0 fully saturated rings. The first-order valence-corrected chi connectivity index (χ1v) is 9.13. The molecule has 0 aliphatic carbocycles. The Balaban J connectivity index is 1.56. The molecule has 0 radical (unpaired) electrons. The second-order valence-electron chi connectivity index (χ2n) is 5.99. The Hall–Kier alpha value is -3.45. The lowest BCUT2D eigenvalue weighted by Gasteiger charge is -2.08. The van der Waals surface area contributed by atoms with Crippen molar-refractivity contribution >= 4 is 44.7 Å². The zero-order valence-corrected chi connectivity index (χ0v) is 15.3. The molecule has 4 rings (SSSR count). The monoisotopic (exact) mass is 376 g/mol. The molecule has 0 unspecified atom stereocenters. The number of fused-ring (bicyclic) bond motifs is 1. The second-order valence-corrected chi connectivity index (χ2v) is 6.99. The van der Waals surface area contributed by atoms with Crippen LogP contribution in [-0.4, -0.2) is 21.4 Å². The predicted octanol–water partition coefficient (Wildman–Crippen LogP) is 4.30. The van der Waals surface area contributed by atoms with Crippen LogP contribution in [0.25, 0.3) is 15.3 Å². The van der Waals surface area contributed by atoms with E-state index in [1.165, 1.54) is 18.3 Å². The lowest BCUT2D eigenvalue weighted by atomic mass is 10.2. The van der Waals surface area contributed by atoms with Crippen LogP contribution in [0.15, 0.2) is 67.0 Å². The van der Waals surface area contributed by atoms with Crippen molar-refractivity contribution in [2.75, 3.05) is 10.6 Å². The molecule has 0 saturated heterocycles. The molecule has 0 aliphatic rings. The second kappa shape index (κ2) is 7.05. The first-order valence-electron chi connectivity index (χ1n) is 8.31. The molecule has 6 nitrogen and oxygen atoms in total. The molecule has 27 heavy (non-hydrogen) atoms. The first kappa shape index (κ1) is 17.0. The van der Waals surface area contributed by atoms with E-state index in [9.17, 15) is 9.59 Å². The van der Waals surface area contributed by atoms with Crippen molar-refractivity contribution in [3.63, 3.8) is 0 Å². The summed E-state index contributed by atoms with van der Waals surface area (Å²) >= 11 is 1.53. The number of nitrogens with zero attached hydrogens (tertiary/aromatic N) is 2. The van der Waals surface area contributed by atoms with Gasteiger partial charge in [0.25, 0.3) is 5.91 Å². The zero-order valence-electron chi connectivity index (χ0n) is 14.5. The Morgan fingerprint density at radius 1 is 0.963 bits per heavy atom. The Morgan fingerprint density at radius 2 is 1.70 bits per heavy atom. The smallest absolute Gasteiger partial charge is 0.255 e. The topological polar surface area (TPSA) is 76.0 Å². The minimum absolute atomic E-state index is 0.160. The van der Waals surface area contributed by atoms with Gasteiger partial charge in [-0.25, -0.2) is 4.98 Å². The molecule has 2 N–H and O–H groups in total. The van der Waals surface area contributed by atoms with E-state index in [2.05, 4.69) is 15.6 Å².